The molecule has 3 aliphatic rings. The number of aryl methyl sites for hydroxylation is 1. The molecular weight excluding hydrogens is 264 g/mol. The Morgan fingerprint density at radius 3 is 3.19 bits per heavy atom. The molecule has 0 bridgehead atoms. The summed E-state index contributed by atoms with van der Waals surface area (Å²) in [5, 5.41) is 3.43. The van der Waals surface area contributed by atoms with Crippen molar-refractivity contribution >= 4 is 5.78 Å². The molecule has 0 spiro atoms. The van der Waals surface area contributed by atoms with Gasteiger partial charge in [0, 0.05) is 44.2 Å². The van der Waals surface area contributed by atoms with Gasteiger partial charge in [-0.3, -0.25) is 9.69 Å². The number of morpholine rings is 1. The maximum absolute atomic E-state index is 11.9. The van der Waals surface area contributed by atoms with Gasteiger partial charge in [-0.25, -0.2) is 0 Å². The highest BCUT2D eigenvalue weighted by atomic mass is 16.5. The fourth-order valence-corrected chi connectivity index (χ4v) is 3.77. The van der Waals surface area contributed by atoms with Crippen LogP contribution in [-0.4, -0.2) is 49.5 Å². The smallest absolute Gasteiger partial charge is 0.163 e. The van der Waals surface area contributed by atoms with E-state index in [1.54, 1.807) is 0 Å². The Labute approximate surface area is 125 Å². The van der Waals surface area contributed by atoms with Gasteiger partial charge < -0.3 is 10.1 Å². The summed E-state index contributed by atoms with van der Waals surface area (Å²) in [4.78, 5) is 14.5. The summed E-state index contributed by atoms with van der Waals surface area (Å²) in [5.74, 6) is 0.300. The Morgan fingerprint density at radius 2 is 2.24 bits per heavy atom. The number of fused-ring (bicyclic) bond motifs is 2. The van der Waals surface area contributed by atoms with Gasteiger partial charge in [-0.2, -0.15) is 0 Å². The van der Waals surface area contributed by atoms with Crippen LogP contribution in [0.25, 0.3) is 0 Å². The number of nitrogens with zero attached hydrogens (tertiary/aromatic N) is 1. The highest BCUT2D eigenvalue weighted by Gasteiger charge is 2.31. The van der Waals surface area contributed by atoms with Gasteiger partial charge in [-0.05, 0) is 24.0 Å². The Hall–Kier alpha value is -1.23. The minimum absolute atomic E-state index is 0.154. The first-order chi connectivity index (χ1) is 10.3. The quantitative estimate of drug-likeness (QED) is 0.850. The van der Waals surface area contributed by atoms with E-state index in [9.17, 15) is 4.79 Å². The lowest BCUT2D eigenvalue weighted by Crippen LogP contribution is -2.57. The molecule has 2 fully saturated rings. The lowest BCUT2D eigenvalue weighted by molar-refractivity contribution is -0.0718. The highest BCUT2D eigenvalue weighted by molar-refractivity contribution is 5.98. The molecule has 4 nitrogen and oxygen atoms in total. The number of Topliss-reactive ketones (excluding diaryl/α,β-unsaturated/α-hetero) is 1. The summed E-state index contributed by atoms with van der Waals surface area (Å²) in [7, 11) is 0. The van der Waals surface area contributed by atoms with Crippen molar-refractivity contribution in [3.63, 3.8) is 0 Å². The van der Waals surface area contributed by atoms with Gasteiger partial charge in [0.25, 0.3) is 0 Å². The maximum Gasteiger partial charge on any atom is 0.163 e. The largest absolute Gasteiger partial charge is 0.371 e. The molecule has 21 heavy (non-hydrogen) atoms. The molecule has 4 rings (SSSR count). The number of carbonyl (C=O) groups is 1. The van der Waals surface area contributed by atoms with E-state index < -0.39 is 0 Å². The summed E-state index contributed by atoms with van der Waals surface area (Å²) in [6.07, 6.45) is 2.87. The van der Waals surface area contributed by atoms with Crippen molar-refractivity contribution in [2.24, 2.45) is 0 Å². The zero-order chi connectivity index (χ0) is 14.2. The molecule has 0 saturated carbocycles. The molecule has 1 N–H and O–H groups in total. The molecule has 2 unspecified atom stereocenters. The van der Waals surface area contributed by atoms with Crippen LogP contribution in [0.3, 0.4) is 0 Å². The number of ether oxygens (including phenoxy) is 1. The van der Waals surface area contributed by atoms with Gasteiger partial charge in [-0.15, -0.1) is 0 Å². The Kier molecular flexibility index (Phi) is 3.53. The third-order valence-corrected chi connectivity index (χ3v) is 5.01. The summed E-state index contributed by atoms with van der Waals surface area (Å²) in [6, 6.07) is 6.84. The van der Waals surface area contributed by atoms with E-state index in [0.29, 0.717) is 18.2 Å². The average molecular weight is 286 g/mol. The van der Waals surface area contributed by atoms with E-state index in [-0.39, 0.29) is 6.10 Å². The summed E-state index contributed by atoms with van der Waals surface area (Å²) in [6.45, 7) is 4.98. The number of hydrogen-bond acceptors (Lipinski definition) is 4. The number of hydrogen-bond donors (Lipinski definition) is 1. The molecule has 1 aromatic rings. The van der Waals surface area contributed by atoms with Gasteiger partial charge in [0.1, 0.15) is 0 Å². The van der Waals surface area contributed by atoms with Crippen molar-refractivity contribution < 1.29 is 9.53 Å². The zero-order valence-electron chi connectivity index (χ0n) is 12.3. The molecule has 2 heterocycles. The molecule has 2 saturated heterocycles. The number of rotatable bonds is 1. The normalized spacial score (nSPS) is 29.8. The molecule has 0 aromatic heterocycles. The molecular formula is C17H22N2O2. The Bertz CT molecular complexity index is 558. The van der Waals surface area contributed by atoms with Crippen LogP contribution in [0.15, 0.2) is 18.2 Å². The van der Waals surface area contributed by atoms with Crippen LogP contribution < -0.4 is 5.32 Å². The molecule has 2 atom stereocenters. The first kappa shape index (κ1) is 13.4. The predicted molar refractivity (Wildman–Crippen MR) is 80.6 cm³/mol. The van der Waals surface area contributed by atoms with Crippen molar-refractivity contribution in [3.05, 3.63) is 34.9 Å². The molecule has 112 valence electrons. The zero-order valence-corrected chi connectivity index (χ0v) is 12.3. The van der Waals surface area contributed by atoms with Gasteiger partial charge in [0.05, 0.1) is 12.7 Å². The molecule has 2 aliphatic heterocycles. The van der Waals surface area contributed by atoms with E-state index >= 15 is 0 Å². The first-order valence-corrected chi connectivity index (χ1v) is 8.03. The minimum Gasteiger partial charge on any atom is -0.371 e. The monoisotopic (exact) mass is 286 g/mol. The number of carbonyl (C=O) groups excluding carboxylic acids is 1. The number of piperazine rings is 1. The second-order valence-corrected chi connectivity index (χ2v) is 6.37. The average Bonchev–Trinajstić information content (AvgIpc) is 2.54. The first-order valence-electron chi connectivity index (χ1n) is 8.03. The molecule has 1 aromatic carbocycles. The molecule has 0 radical (unpaired) electrons. The Balaban J connectivity index is 1.55. The van der Waals surface area contributed by atoms with Crippen LogP contribution in [0.4, 0.5) is 0 Å². The van der Waals surface area contributed by atoms with E-state index in [0.717, 1.165) is 51.2 Å². The van der Waals surface area contributed by atoms with Crippen LogP contribution in [0.2, 0.25) is 0 Å². The lowest BCUT2D eigenvalue weighted by Gasteiger charge is -2.42. The van der Waals surface area contributed by atoms with Crippen molar-refractivity contribution in [2.45, 2.75) is 31.4 Å². The molecule has 4 heteroatoms. The van der Waals surface area contributed by atoms with E-state index in [1.165, 1.54) is 11.1 Å². The van der Waals surface area contributed by atoms with Crippen LogP contribution in [-0.2, 0) is 11.2 Å². The Morgan fingerprint density at radius 1 is 1.29 bits per heavy atom. The summed E-state index contributed by atoms with van der Waals surface area (Å²) >= 11 is 0. The van der Waals surface area contributed by atoms with Crippen molar-refractivity contribution in [1.82, 2.24) is 10.2 Å². The topological polar surface area (TPSA) is 41.6 Å². The van der Waals surface area contributed by atoms with Crippen molar-refractivity contribution in [3.8, 4) is 0 Å². The minimum atomic E-state index is 0.154. The number of nitrogens with one attached hydrogen (secondary N) is 1. The van der Waals surface area contributed by atoms with E-state index in [2.05, 4.69) is 22.3 Å². The highest BCUT2D eigenvalue weighted by Crippen LogP contribution is 2.29. The SMILES string of the molecule is O=C1CCCc2cc(C3CN4CCNCC4CO3)ccc21. The number of ketones is 1. The van der Waals surface area contributed by atoms with Gasteiger partial charge in [0.15, 0.2) is 5.78 Å². The standard InChI is InChI=1S/C17H22N2O2/c20-16-3-1-2-12-8-13(4-5-15(12)16)17-10-19-7-6-18-9-14(19)11-21-17/h4-5,8,14,17-18H,1-3,6-7,9-11H2. The van der Waals surface area contributed by atoms with Crippen molar-refractivity contribution in [2.75, 3.05) is 32.8 Å². The summed E-state index contributed by atoms with van der Waals surface area (Å²) < 4.78 is 6.08. The van der Waals surface area contributed by atoms with E-state index in [1.807, 2.05) is 6.07 Å². The van der Waals surface area contributed by atoms with Crippen LogP contribution >= 0.6 is 0 Å². The van der Waals surface area contributed by atoms with Crippen LogP contribution in [0.1, 0.15) is 40.4 Å². The van der Waals surface area contributed by atoms with Crippen LogP contribution in [0, 0.1) is 0 Å². The van der Waals surface area contributed by atoms with Gasteiger partial charge in [0.2, 0.25) is 0 Å². The van der Waals surface area contributed by atoms with Crippen molar-refractivity contribution in [1.29, 1.82) is 0 Å². The molecule has 0 amide bonds. The third-order valence-electron chi connectivity index (χ3n) is 5.01. The van der Waals surface area contributed by atoms with Gasteiger partial charge in [-0.1, -0.05) is 18.2 Å². The fraction of sp³-hybridized carbons (Fsp3) is 0.588. The van der Waals surface area contributed by atoms with Crippen LogP contribution in [0.5, 0.6) is 0 Å². The summed E-state index contributed by atoms with van der Waals surface area (Å²) in [5.41, 5.74) is 3.39. The molecule has 1 aliphatic carbocycles. The predicted octanol–water partition coefficient (Wildman–Crippen LogP) is 1.55. The second-order valence-electron chi connectivity index (χ2n) is 6.37. The van der Waals surface area contributed by atoms with E-state index in [4.69, 9.17) is 4.74 Å². The number of benzene rings is 1. The maximum atomic E-state index is 11.9. The van der Waals surface area contributed by atoms with Gasteiger partial charge >= 0.3 is 0 Å². The second kappa shape index (κ2) is 5.52. The third kappa shape index (κ3) is 2.52. The lowest BCUT2D eigenvalue weighted by atomic mass is 9.88. The fourth-order valence-electron chi connectivity index (χ4n) is 3.77.